The van der Waals surface area contributed by atoms with Gasteiger partial charge in [0.15, 0.2) is 5.16 Å². The second-order valence-electron chi connectivity index (χ2n) is 6.60. The zero-order valence-electron chi connectivity index (χ0n) is 15.3. The largest absolute Gasteiger partial charge is 0.424 e. The number of benzene rings is 1. The molecule has 0 bridgehead atoms. The van der Waals surface area contributed by atoms with Gasteiger partial charge in [0.25, 0.3) is 0 Å². The summed E-state index contributed by atoms with van der Waals surface area (Å²) in [5, 5.41) is 20.4. The van der Waals surface area contributed by atoms with Crippen LogP contribution in [0.3, 0.4) is 0 Å². The maximum Gasteiger partial charge on any atom is 0.229 e. The molecule has 1 aliphatic carbocycles. The summed E-state index contributed by atoms with van der Waals surface area (Å²) in [6, 6.07) is 7.70. The smallest absolute Gasteiger partial charge is 0.229 e. The first kappa shape index (κ1) is 17.7. The molecule has 1 fully saturated rings. The minimum atomic E-state index is -0.103. The molecule has 27 heavy (non-hydrogen) atoms. The monoisotopic (exact) mass is 384 g/mol. The van der Waals surface area contributed by atoms with Crippen LogP contribution in [0.1, 0.15) is 55.5 Å². The van der Waals surface area contributed by atoms with Gasteiger partial charge in [-0.2, -0.15) is 0 Å². The van der Waals surface area contributed by atoms with E-state index in [-0.39, 0.29) is 11.2 Å². The minimum absolute atomic E-state index is 0.0558. The number of carbonyl (C=O) groups excluding carboxylic acids is 1. The lowest BCUT2D eigenvalue weighted by Gasteiger charge is -2.13. The minimum Gasteiger partial charge on any atom is -0.424 e. The first-order valence-corrected chi connectivity index (χ1v) is 9.69. The van der Waals surface area contributed by atoms with Gasteiger partial charge in [-0.1, -0.05) is 17.8 Å². The standard InChI is InChI=1S/C18H20N6O2S/c1-10(17-22-20-12(3)26-17)27-18-23-21-16(13-7-8-13)24(18)15-6-4-5-14(9-15)19-11(2)25/h4-6,9-10,13H,7-8H2,1-3H3,(H,19,25). The number of nitrogens with zero attached hydrogens (tertiary/aromatic N) is 5. The van der Waals surface area contributed by atoms with E-state index in [1.54, 1.807) is 6.92 Å². The van der Waals surface area contributed by atoms with E-state index in [9.17, 15) is 4.79 Å². The zero-order valence-corrected chi connectivity index (χ0v) is 16.2. The predicted molar refractivity (Wildman–Crippen MR) is 101 cm³/mol. The summed E-state index contributed by atoms with van der Waals surface area (Å²) in [6.45, 7) is 5.27. The Labute approximate surface area is 160 Å². The Kier molecular flexibility index (Phi) is 4.69. The van der Waals surface area contributed by atoms with Crippen molar-refractivity contribution in [3.8, 4) is 5.69 Å². The molecule has 9 heteroatoms. The van der Waals surface area contributed by atoms with Crippen molar-refractivity contribution < 1.29 is 9.21 Å². The van der Waals surface area contributed by atoms with Crippen LogP contribution < -0.4 is 5.32 Å². The van der Waals surface area contributed by atoms with Gasteiger partial charge in [-0.25, -0.2) is 0 Å². The summed E-state index contributed by atoms with van der Waals surface area (Å²) >= 11 is 1.52. The first-order chi connectivity index (χ1) is 13.0. The summed E-state index contributed by atoms with van der Waals surface area (Å²) in [7, 11) is 0. The number of thioether (sulfide) groups is 1. The molecule has 1 amide bonds. The number of hydrogen-bond acceptors (Lipinski definition) is 7. The number of nitrogens with one attached hydrogen (secondary N) is 1. The van der Waals surface area contributed by atoms with Crippen LogP contribution in [0.25, 0.3) is 5.69 Å². The number of hydrogen-bond donors (Lipinski definition) is 1. The molecular weight excluding hydrogens is 364 g/mol. The highest BCUT2D eigenvalue weighted by atomic mass is 32.2. The number of rotatable bonds is 6. The van der Waals surface area contributed by atoms with E-state index < -0.39 is 0 Å². The van der Waals surface area contributed by atoms with Gasteiger partial charge < -0.3 is 9.73 Å². The Hall–Kier alpha value is -2.68. The van der Waals surface area contributed by atoms with Crippen molar-refractivity contribution in [2.24, 2.45) is 0 Å². The van der Waals surface area contributed by atoms with Crippen molar-refractivity contribution in [1.82, 2.24) is 25.0 Å². The Bertz CT molecular complexity index is 978. The molecule has 1 aromatic carbocycles. The molecule has 1 atom stereocenters. The Morgan fingerprint density at radius 2 is 2.11 bits per heavy atom. The third-order valence-electron chi connectivity index (χ3n) is 4.20. The maximum atomic E-state index is 11.4. The van der Waals surface area contributed by atoms with Crippen molar-refractivity contribution in [3.05, 3.63) is 41.9 Å². The van der Waals surface area contributed by atoms with E-state index in [2.05, 4.69) is 30.3 Å². The quantitative estimate of drug-likeness (QED) is 0.648. The first-order valence-electron chi connectivity index (χ1n) is 8.81. The SMILES string of the molecule is CC(=O)Nc1cccc(-n2c(SC(C)c3nnc(C)o3)nnc2C2CC2)c1. The molecule has 4 rings (SSSR count). The van der Waals surface area contributed by atoms with Gasteiger partial charge in [0.1, 0.15) is 5.82 Å². The molecule has 1 unspecified atom stereocenters. The predicted octanol–water partition coefficient (Wildman–Crippen LogP) is 3.65. The number of aromatic nitrogens is 5. The molecule has 1 N–H and O–H groups in total. The highest BCUT2D eigenvalue weighted by Gasteiger charge is 2.32. The number of aryl methyl sites for hydroxylation is 1. The molecule has 0 aliphatic heterocycles. The number of carbonyl (C=O) groups is 1. The van der Waals surface area contributed by atoms with Crippen molar-refractivity contribution >= 4 is 23.4 Å². The van der Waals surface area contributed by atoms with Crippen LogP contribution in [-0.2, 0) is 4.79 Å². The molecule has 0 saturated heterocycles. The van der Waals surface area contributed by atoms with Crippen molar-refractivity contribution in [1.29, 1.82) is 0 Å². The summed E-state index contributed by atoms with van der Waals surface area (Å²) in [4.78, 5) is 11.4. The van der Waals surface area contributed by atoms with Crippen LogP contribution in [-0.4, -0.2) is 30.9 Å². The molecule has 1 saturated carbocycles. The van der Waals surface area contributed by atoms with Crippen LogP contribution in [0.15, 0.2) is 33.8 Å². The lowest BCUT2D eigenvalue weighted by Crippen LogP contribution is -2.07. The van der Waals surface area contributed by atoms with Gasteiger partial charge in [-0.05, 0) is 38.0 Å². The van der Waals surface area contributed by atoms with Gasteiger partial charge in [-0.3, -0.25) is 9.36 Å². The lowest BCUT2D eigenvalue weighted by atomic mass is 10.2. The van der Waals surface area contributed by atoms with Crippen LogP contribution >= 0.6 is 11.8 Å². The van der Waals surface area contributed by atoms with Gasteiger partial charge in [0, 0.05) is 25.5 Å². The second kappa shape index (κ2) is 7.15. The van der Waals surface area contributed by atoms with Gasteiger partial charge in [0.05, 0.1) is 10.9 Å². The molecule has 140 valence electrons. The van der Waals surface area contributed by atoms with Gasteiger partial charge >= 0.3 is 0 Å². The molecule has 0 spiro atoms. The van der Waals surface area contributed by atoms with Crippen LogP contribution in [0.2, 0.25) is 0 Å². The summed E-state index contributed by atoms with van der Waals surface area (Å²) in [5.74, 6) is 2.38. The summed E-state index contributed by atoms with van der Waals surface area (Å²) in [5.41, 5.74) is 1.66. The fraction of sp³-hybridized carbons (Fsp3) is 0.389. The van der Waals surface area contributed by atoms with Gasteiger partial charge in [-0.15, -0.1) is 20.4 Å². The fourth-order valence-electron chi connectivity index (χ4n) is 2.82. The van der Waals surface area contributed by atoms with Crippen molar-refractivity contribution in [3.63, 3.8) is 0 Å². The molecule has 3 aromatic rings. The topological polar surface area (TPSA) is 98.7 Å². The van der Waals surface area contributed by atoms with E-state index in [1.807, 2.05) is 31.2 Å². The second-order valence-corrected chi connectivity index (χ2v) is 7.91. The van der Waals surface area contributed by atoms with Crippen LogP contribution in [0.5, 0.6) is 0 Å². The van der Waals surface area contributed by atoms with E-state index in [0.29, 0.717) is 17.7 Å². The molecule has 0 radical (unpaired) electrons. The van der Waals surface area contributed by atoms with Crippen molar-refractivity contribution in [2.75, 3.05) is 5.32 Å². The number of anilines is 1. The molecule has 8 nitrogen and oxygen atoms in total. The molecular formula is C18H20N6O2S. The Morgan fingerprint density at radius 3 is 2.78 bits per heavy atom. The van der Waals surface area contributed by atoms with Gasteiger partial charge in [0.2, 0.25) is 17.7 Å². The molecule has 2 aromatic heterocycles. The Balaban J connectivity index is 1.69. The van der Waals surface area contributed by atoms with E-state index in [4.69, 9.17) is 4.42 Å². The van der Waals surface area contributed by atoms with E-state index in [0.717, 1.165) is 35.2 Å². The zero-order chi connectivity index (χ0) is 19.0. The third-order valence-corrected chi connectivity index (χ3v) is 5.23. The summed E-state index contributed by atoms with van der Waals surface area (Å²) < 4.78 is 7.61. The molecule has 1 aliphatic rings. The summed E-state index contributed by atoms with van der Waals surface area (Å²) in [6.07, 6.45) is 2.24. The van der Waals surface area contributed by atoms with Crippen molar-refractivity contribution in [2.45, 2.75) is 49.9 Å². The lowest BCUT2D eigenvalue weighted by molar-refractivity contribution is -0.114. The van der Waals surface area contributed by atoms with E-state index >= 15 is 0 Å². The fourth-order valence-corrected chi connectivity index (χ4v) is 3.72. The maximum absolute atomic E-state index is 11.4. The average molecular weight is 384 g/mol. The van der Waals surface area contributed by atoms with Crippen LogP contribution in [0.4, 0.5) is 5.69 Å². The highest BCUT2D eigenvalue weighted by molar-refractivity contribution is 7.99. The Morgan fingerprint density at radius 1 is 1.30 bits per heavy atom. The van der Waals surface area contributed by atoms with E-state index in [1.165, 1.54) is 18.7 Å². The normalized spacial score (nSPS) is 14.9. The average Bonchev–Trinajstić information content (AvgIpc) is 3.24. The van der Waals surface area contributed by atoms with Crippen LogP contribution in [0, 0.1) is 6.92 Å². The molecule has 2 heterocycles. The number of amides is 1. The third kappa shape index (κ3) is 3.87. The highest BCUT2D eigenvalue weighted by Crippen LogP contribution is 2.43.